The number of nitrogen functional groups attached to an aromatic ring is 1. The van der Waals surface area contributed by atoms with Crippen LogP contribution in [-0.2, 0) is 4.79 Å². The quantitative estimate of drug-likeness (QED) is 0.239. The highest BCUT2D eigenvalue weighted by Crippen LogP contribution is 2.65. The monoisotopic (exact) mass is 541 g/mol. The lowest BCUT2D eigenvalue weighted by molar-refractivity contribution is -0.117. The van der Waals surface area contributed by atoms with Crippen molar-refractivity contribution in [3.05, 3.63) is 86.9 Å². The molecule has 1 fully saturated rings. The molecule has 0 aliphatic heterocycles. The smallest absolute Gasteiger partial charge is 0.257 e. The zero-order valence-electron chi connectivity index (χ0n) is 16.7. The van der Waals surface area contributed by atoms with E-state index in [4.69, 9.17) is 63.7 Å². The second-order valence-electron chi connectivity index (χ2n) is 7.60. The Hall–Kier alpha value is -2.15. The van der Waals surface area contributed by atoms with E-state index in [2.05, 4.69) is 10.6 Å². The number of hydrogen-bond donors (Lipinski definition) is 3. The van der Waals surface area contributed by atoms with E-state index in [0.29, 0.717) is 32.7 Å². The summed E-state index contributed by atoms with van der Waals surface area (Å²) in [7, 11) is 0. The second-order valence-corrected chi connectivity index (χ2v) is 10.3. The van der Waals surface area contributed by atoms with Gasteiger partial charge in [-0.3, -0.25) is 9.59 Å². The molecule has 0 unspecified atom stereocenters. The molecular weight excluding hydrogens is 528 g/mol. The van der Waals surface area contributed by atoms with E-state index in [1.165, 1.54) is 12.1 Å². The minimum Gasteiger partial charge on any atom is -0.399 e. The third-order valence-corrected chi connectivity index (χ3v) is 6.91. The van der Waals surface area contributed by atoms with Crippen LogP contribution in [-0.4, -0.2) is 16.1 Å². The lowest BCUT2D eigenvalue weighted by atomic mass is 10.1. The molecule has 2 atom stereocenters. The molecule has 0 heterocycles. The number of nitrogens with one attached hydrogen (secondary N) is 2. The van der Waals surface area contributed by atoms with Gasteiger partial charge in [0.15, 0.2) is 0 Å². The molecule has 4 rings (SSSR count). The van der Waals surface area contributed by atoms with Crippen LogP contribution in [0.15, 0.2) is 60.7 Å². The topological polar surface area (TPSA) is 84.2 Å². The van der Waals surface area contributed by atoms with Gasteiger partial charge < -0.3 is 16.4 Å². The van der Waals surface area contributed by atoms with Gasteiger partial charge in [0.05, 0.1) is 16.5 Å². The van der Waals surface area contributed by atoms with Crippen molar-refractivity contribution in [1.29, 1.82) is 0 Å². The highest BCUT2D eigenvalue weighted by molar-refractivity contribution is 6.53. The Bertz CT molecular complexity index is 1240. The van der Waals surface area contributed by atoms with Crippen molar-refractivity contribution in [1.82, 2.24) is 0 Å². The molecular formula is C23H16Cl5N3O2. The SMILES string of the molecule is Nc1cccc(NC(=O)c2cc(NC(=O)[C@H]3[C@H](c4cc(Cl)cc(Cl)c4)C3(Cl)Cl)ccc2Cl)c1. The molecule has 0 bridgehead atoms. The van der Waals surface area contributed by atoms with Crippen LogP contribution in [0, 0.1) is 5.92 Å². The van der Waals surface area contributed by atoms with Crippen molar-refractivity contribution in [3.63, 3.8) is 0 Å². The van der Waals surface area contributed by atoms with E-state index >= 15 is 0 Å². The number of nitrogens with two attached hydrogens (primary N) is 1. The Kier molecular flexibility index (Phi) is 6.72. The number of carbonyl (C=O) groups is 2. The lowest BCUT2D eigenvalue weighted by Gasteiger charge is -2.11. The zero-order valence-corrected chi connectivity index (χ0v) is 20.5. The van der Waals surface area contributed by atoms with Crippen LogP contribution in [0.1, 0.15) is 21.8 Å². The molecule has 10 heteroatoms. The third kappa shape index (κ3) is 5.18. The van der Waals surface area contributed by atoms with Crippen LogP contribution in [0.3, 0.4) is 0 Å². The number of halogens is 5. The normalized spacial score (nSPS) is 18.5. The van der Waals surface area contributed by atoms with Gasteiger partial charge in [0.2, 0.25) is 5.91 Å². The number of carbonyl (C=O) groups excluding carboxylic acids is 2. The van der Waals surface area contributed by atoms with Gasteiger partial charge in [0.25, 0.3) is 5.91 Å². The van der Waals surface area contributed by atoms with Crippen LogP contribution in [0.5, 0.6) is 0 Å². The molecule has 170 valence electrons. The first-order valence-electron chi connectivity index (χ1n) is 9.67. The molecule has 33 heavy (non-hydrogen) atoms. The number of anilines is 3. The van der Waals surface area contributed by atoms with Gasteiger partial charge >= 0.3 is 0 Å². The number of benzene rings is 3. The molecule has 1 aliphatic carbocycles. The highest BCUT2D eigenvalue weighted by Gasteiger charge is 2.67. The van der Waals surface area contributed by atoms with E-state index in [9.17, 15) is 9.59 Å². The largest absolute Gasteiger partial charge is 0.399 e. The highest BCUT2D eigenvalue weighted by atomic mass is 35.5. The summed E-state index contributed by atoms with van der Waals surface area (Å²) in [5.41, 5.74) is 7.97. The van der Waals surface area contributed by atoms with Crippen LogP contribution < -0.4 is 16.4 Å². The molecule has 0 aromatic heterocycles. The second kappa shape index (κ2) is 9.24. The number of amides is 2. The average molecular weight is 544 g/mol. The van der Waals surface area contributed by atoms with Crippen LogP contribution in [0.25, 0.3) is 0 Å². The number of rotatable bonds is 5. The molecule has 0 saturated heterocycles. The summed E-state index contributed by atoms with van der Waals surface area (Å²) in [6.45, 7) is 0. The summed E-state index contributed by atoms with van der Waals surface area (Å²) in [5.74, 6) is -2.10. The van der Waals surface area contributed by atoms with E-state index < -0.39 is 28.0 Å². The summed E-state index contributed by atoms with van der Waals surface area (Å²) in [4.78, 5) is 25.7. The maximum Gasteiger partial charge on any atom is 0.257 e. The number of hydrogen-bond acceptors (Lipinski definition) is 3. The maximum atomic E-state index is 12.9. The Balaban J connectivity index is 1.51. The van der Waals surface area contributed by atoms with Crippen molar-refractivity contribution in [2.24, 2.45) is 5.92 Å². The van der Waals surface area contributed by atoms with Crippen LogP contribution >= 0.6 is 58.0 Å². The van der Waals surface area contributed by atoms with Crippen molar-refractivity contribution >= 4 is 86.9 Å². The van der Waals surface area contributed by atoms with Crippen molar-refractivity contribution < 1.29 is 9.59 Å². The molecule has 1 aliphatic rings. The first-order valence-corrected chi connectivity index (χ1v) is 11.6. The fraction of sp³-hybridized carbons (Fsp3) is 0.130. The van der Waals surface area contributed by atoms with Crippen molar-refractivity contribution in [2.45, 2.75) is 10.3 Å². The maximum absolute atomic E-state index is 12.9. The van der Waals surface area contributed by atoms with E-state index in [1.807, 2.05) is 0 Å². The molecule has 5 nitrogen and oxygen atoms in total. The fourth-order valence-corrected chi connectivity index (χ4v) is 5.21. The molecule has 0 radical (unpaired) electrons. The van der Waals surface area contributed by atoms with Gasteiger partial charge in [0, 0.05) is 33.0 Å². The first-order chi connectivity index (χ1) is 15.6. The van der Waals surface area contributed by atoms with Crippen LogP contribution in [0.4, 0.5) is 17.1 Å². The fourth-order valence-electron chi connectivity index (χ4n) is 3.63. The average Bonchev–Trinajstić information content (AvgIpc) is 3.31. The summed E-state index contributed by atoms with van der Waals surface area (Å²) in [6.07, 6.45) is 0. The van der Waals surface area contributed by atoms with Gasteiger partial charge in [-0.25, -0.2) is 0 Å². The Morgan fingerprint density at radius 3 is 2.18 bits per heavy atom. The van der Waals surface area contributed by atoms with Crippen molar-refractivity contribution in [3.8, 4) is 0 Å². The van der Waals surface area contributed by atoms with E-state index in [-0.39, 0.29) is 10.6 Å². The molecule has 0 spiro atoms. The summed E-state index contributed by atoms with van der Waals surface area (Å²) >= 11 is 31.2. The zero-order chi connectivity index (χ0) is 23.9. The predicted molar refractivity (Wildman–Crippen MR) is 136 cm³/mol. The van der Waals surface area contributed by atoms with E-state index in [1.54, 1.807) is 48.5 Å². The minimum absolute atomic E-state index is 0.175. The van der Waals surface area contributed by atoms with Gasteiger partial charge in [-0.2, -0.15) is 0 Å². The predicted octanol–water partition coefficient (Wildman–Crippen LogP) is 7.01. The van der Waals surface area contributed by atoms with Gasteiger partial charge in [-0.1, -0.05) is 40.9 Å². The van der Waals surface area contributed by atoms with E-state index in [0.717, 1.165) is 0 Å². The molecule has 2 amide bonds. The third-order valence-electron chi connectivity index (χ3n) is 5.20. The lowest BCUT2D eigenvalue weighted by Crippen LogP contribution is -2.18. The molecule has 1 saturated carbocycles. The Labute approximate surface area is 215 Å². The van der Waals surface area contributed by atoms with Crippen LogP contribution in [0.2, 0.25) is 15.1 Å². The first kappa shape index (κ1) is 24.0. The Morgan fingerprint density at radius 2 is 1.52 bits per heavy atom. The number of alkyl halides is 2. The van der Waals surface area contributed by atoms with Gasteiger partial charge in [-0.05, 0) is 60.2 Å². The molecule has 4 N–H and O–H groups in total. The minimum atomic E-state index is -1.32. The molecule has 3 aromatic carbocycles. The van der Waals surface area contributed by atoms with Gasteiger partial charge in [-0.15, -0.1) is 23.2 Å². The summed E-state index contributed by atoms with van der Waals surface area (Å²) in [6, 6.07) is 16.2. The Morgan fingerprint density at radius 1 is 0.848 bits per heavy atom. The van der Waals surface area contributed by atoms with Gasteiger partial charge in [0.1, 0.15) is 4.33 Å². The van der Waals surface area contributed by atoms with Crippen molar-refractivity contribution in [2.75, 3.05) is 16.4 Å². The standard InChI is InChI=1S/C23H16Cl5N3O2/c24-12-6-11(7-13(25)8-12)19-20(23(19,27)28)22(33)31-16-4-5-18(26)17(10-16)21(32)30-15-3-1-2-14(29)9-15/h1-10,19-20H,29H2,(H,30,32)(H,31,33)/t19-,20+/m0/s1. The summed E-state index contributed by atoms with van der Waals surface area (Å²) < 4.78 is -1.32. The summed E-state index contributed by atoms with van der Waals surface area (Å²) in [5, 5.41) is 6.53. The molecule has 3 aromatic rings.